The zero-order chi connectivity index (χ0) is 10.0. The lowest BCUT2D eigenvalue weighted by Gasteiger charge is -2.45. The van der Waals surface area contributed by atoms with Crippen LogP contribution in [0.25, 0.3) is 0 Å². The Hall–Kier alpha value is 0.620. The van der Waals surface area contributed by atoms with Crippen LogP contribution in [0.4, 0.5) is 0 Å². The Labute approximate surface area is 95.4 Å². The molecule has 2 heterocycles. The third-order valence-electron chi connectivity index (χ3n) is 3.63. The van der Waals surface area contributed by atoms with E-state index in [0.29, 0.717) is 5.54 Å². The molecule has 2 aliphatic rings. The van der Waals surface area contributed by atoms with Crippen LogP contribution in [0.1, 0.15) is 6.92 Å². The summed E-state index contributed by atoms with van der Waals surface area (Å²) >= 11 is 4.16. The average molecular weight is 232 g/mol. The van der Waals surface area contributed by atoms with Crippen LogP contribution >= 0.6 is 23.5 Å². The minimum absolute atomic E-state index is 0.325. The second-order valence-corrected chi connectivity index (χ2v) is 6.58. The molecule has 2 aliphatic heterocycles. The number of nitrogens with two attached hydrogens (primary N) is 1. The monoisotopic (exact) mass is 232 g/mol. The molecule has 0 bridgehead atoms. The van der Waals surface area contributed by atoms with Crippen LogP contribution in [-0.2, 0) is 0 Å². The Balaban J connectivity index is 2.09. The standard InChI is InChI=1S/C10H20N2S2/c1-9-6-14-8-10(9,7-11)12-2-4-13-5-3-12/h9H,2-8,11H2,1H3. The van der Waals surface area contributed by atoms with Gasteiger partial charge in [-0.15, -0.1) is 0 Å². The van der Waals surface area contributed by atoms with Gasteiger partial charge in [-0.3, -0.25) is 4.90 Å². The number of nitrogens with zero attached hydrogens (tertiary/aromatic N) is 1. The van der Waals surface area contributed by atoms with Gasteiger partial charge in [0.2, 0.25) is 0 Å². The molecule has 0 aromatic heterocycles. The first-order valence-corrected chi connectivity index (χ1v) is 7.71. The van der Waals surface area contributed by atoms with Crippen molar-refractivity contribution in [3.05, 3.63) is 0 Å². The van der Waals surface area contributed by atoms with Crippen LogP contribution in [0.2, 0.25) is 0 Å². The van der Waals surface area contributed by atoms with Crippen molar-refractivity contribution in [1.29, 1.82) is 0 Å². The van der Waals surface area contributed by atoms with Crippen molar-refractivity contribution in [3.8, 4) is 0 Å². The summed E-state index contributed by atoms with van der Waals surface area (Å²) in [6.07, 6.45) is 0. The van der Waals surface area contributed by atoms with Crippen molar-refractivity contribution in [1.82, 2.24) is 4.90 Å². The summed E-state index contributed by atoms with van der Waals surface area (Å²) in [6.45, 7) is 5.69. The Morgan fingerprint density at radius 1 is 1.36 bits per heavy atom. The van der Waals surface area contributed by atoms with Crippen LogP contribution in [0.5, 0.6) is 0 Å². The molecular weight excluding hydrogens is 212 g/mol. The maximum atomic E-state index is 6.03. The Kier molecular flexibility index (Phi) is 3.68. The van der Waals surface area contributed by atoms with Gasteiger partial charge >= 0.3 is 0 Å². The molecule has 2 nitrogen and oxygen atoms in total. The van der Waals surface area contributed by atoms with E-state index in [4.69, 9.17) is 5.73 Å². The first-order valence-electron chi connectivity index (χ1n) is 5.40. The second-order valence-electron chi connectivity index (χ2n) is 4.32. The topological polar surface area (TPSA) is 29.3 Å². The van der Waals surface area contributed by atoms with E-state index in [0.717, 1.165) is 12.5 Å². The lowest BCUT2D eigenvalue weighted by Crippen LogP contribution is -2.60. The highest BCUT2D eigenvalue weighted by Gasteiger charge is 2.44. The molecule has 0 aliphatic carbocycles. The third kappa shape index (κ3) is 1.82. The smallest absolute Gasteiger partial charge is 0.0455 e. The molecule has 0 saturated carbocycles. The van der Waals surface area contributed by atoms with Gasteiger partial charge in [-0.25, -0.2) is 0 Å². The fraction of sp³-hybridized carbons (Fsp3) is 1.00. The van der Waals surface area contributed by atoms with E-state index >= 15 is 0 Å². The van der Waals surface area contributed by atoms with Gasteiger partial charge in [-0.05, 0) is 11.7 Å². The Bertz CT molecular complexity index is 195. The average Bonchev–Trinajstić information content (AvgIpc) is 2.62. The van der Waals surface area contributed by atoms with Crippen LogP contribution in [-0.4, -0.2) is 53.1 Å². The summed E-state index contributed by atoms with van der Waals surface area (Å²) < 4.78 is 0. The molecule has 2 atom stereocenters. The number of hydrogen-bond donors (Lipinski definition) is 1. The second kappa shape index (κ2) is 4.64. The minimum atomic E-state index is 0.325. The first kappa shape index (κ1) is 11.1. The van der Waals surface area contributed by atoms with Crippen molar-refractivity contribution in [2.75, 3.05) is 42.6 Å². The lowest BCUT2D eigenvalue weighted by atomic mass is 9.86. The third-order valence-corrected chi connectivity index (χ3v) is 6.01. The predicted molar refractivity (Wildman–Crippen MR) is 67.2 cm³/mol. The predicted octanol–water partition coefficient (Wildman–Crippen LogP) is 1.12. The van der Waals surface area contributed by atoms with E-state index in [1.54, 1.807) is 0 Å². The van der Waals surface area contributed by atoms with Gasteiger partial charge in [-0.2, -0.15) is 23.5 Å². The molecule has 2 N–H and O–H groups in total. The van der Waals surface area contributed by atoms with Crippen molar-refractivity contribution in [2.45, 2.75) is 12.5 Å². The summed E-state index contributed by atoms with van der Waals surface area (Å²) in [6, 6.07) is 0. The quantitative estimate of drug-likeness (QED) is 0.772. The maximum Gasteiger partial charge on any atom is 0.0455 e. The van der Waals surface area contributed by atoms with Crippen LogP contribution in [0.3, 0.4) is 0 Å². The van der Waals surface area contributed by atoms with E-state index in [1.165, 1.54) is 36.1 Å². The Morgan fingerprint density at radius 2 is 2.07 bits per heavy atom. The largest absolute Gasteiger partial charge is 0.329 e. The summed E-state index contributed by atoms with van der Waals surface area (Å²) in [5, 5.41) is 0. The van der Waals surface area contributed by atoms with Gasteiger partial charge in [0.15, 0.2) is 0 Å². The molecule has 2 fully saturated rings. The lowest BCUT2D eigenvalue weighted by molar-refractivity contribution is 0.0913. The van der Waals surface area contributed by atoms with Gasteiger partial charge in [0.1, 0.15) is 0 Å². The zero-order valence-electron chi connectivity index (χ0n) is 8.87. The van der Waals surface area contributed by atoms with Crippen molar-refractivity contribution in [2.24, 2.45) is 11.7 Å². The van der Waals surface area contributed by atoms with Crippen LogP contribution < -0.4 is 5.73 Å². The van der Waals surface area contributed by atoms with E-state index in [9.17, 15) is 0 Å². The summed E-state index contributed by atoms with van der Waals surface area (Å²) in [7, 11) is 0. The molecule has 0 aromatic carbocycles. The molecule has 4 heteroatoms. The number of thioether (sulfide) groups is 2. The molecule has 2 saturated heterocycles. The van der Waals surface area contributed by atoms with E-state index in [-0.39, 0.29) is 0 Å². The number of rotatable bonds is 2. The molecule has 2 rings (SSSR count). The first-order chi connectivity index (χ1) is 6.79. The highest BCUT2D eigenvalue weighted by atomic mass is 32.2. The van der Waals surface area contributed by atoms with Gasteiger partial charge < -0.3 is 5.73 Å². The minimum Gasteiger partial charge on any atom is -0.329 e. The highest BCUT2D eigenvalue weighted by Crippen LogP contribution is 2.38. The van der Waals surface area contributed by atoms with Gasteiger partial charge in [0.25, 0.3) is 0 Å². The van der Waals surface area contributed by atoms with E-state index in [2.05, 4.69) is 35.3 Å². The Morgan fingerprint density at radius 3 is 2.57 bits per heavy atom. The fourth-order valence-electron chi connectivity index (χ4n) is 2.51. The van der Waals surface area contributed by atoms with Crippen molar-refractivity contribution >= 4 is 23.5 Å². The molecule has 2 unspecified atom stereocenters. The van der Waals surface area contributed by atoms with Gasteiger partial charge in [0, 0.05) is 42.4 Å². The summed E-state index contributed by atoms with van der Waals surface area (Å²) in [4.78, 5) is 2.66. The normalized spacial score (nSPS) is 40.3. The van der Waals surface area contributed by atoms with Crippen LogP contribution in [0.15, 0.2) is 0 Å². The fourth-order valence-corrected chi connectivity index (χ4v) is 5.13. The molecule has 82 valence electrons. The SMILES string of the molecule is CC1CSCC1(CN)N1CCSCC1. The highest BCUT2D eigenvalue weighted by molar-refractivity contribution is 7.99. The molecule has 0 aromatic rings. The van der Waals surface area contributed by atoms with Gasteiger partial charge in [0.05, 0.1) is 0 Å². The molecule has 0 spiro atoms. The van der Waals surface area contributed by atoms with Gasteiger partial charge in [-0.1, -0.05) is 6.92 Å². The number of hydrogen-bond acceptors (Lipinski definition) is 4. The van der Waals surface area contributed by atoms with E-state index < -0.39 is 0 Å². The van der Waals surface area contributed by atoms with Crippen molar-refractivity contribution in [3.63, 3.8) is 0 Å². The molecule has 0 amide bonds. The van der Waals surface area contributed by atoms with Crippen molar-refractivity contribution < 1.29 is 0 Å². The molecular formula is C10H20N2S2. The molecule has 14 heavy (non-hydrogen) atoms. The summed E-state index contributed by atoms with van der Waals surface area (Å²) in [5.74, 6) is 5.88. The zero-order valence-corrected chi connectivity index (χ0v) is 10.5. The van der Waals surface area contributed by atoms with Crippen LogP contribution in [0, 0.1) is 5.92 Å². The van der Waals surface area contributed by atoms with E-state index in [1.807, 2.05) is 0 Å². The molecule has 0 radical (unpaired) electrons. The maximum absolute atomic E-state index is 6.03. The summed E-state index contributed by atoms with van der Waals surface area (Å²) in [5.41, 5.74) is 6.35.